The van der Waals surface area contributed by atoms with Crippen molar-refractivity contribution in [1.82, 2.24) is 0 Å². The van der Waals surface area contributed by atoms with Gasteiger partial charge in [0, 0.05) is 5.02 Å². The fourth-order valence-electron chi connectivity index (χ4n) is 1.89. The van der Waals surface area contributed by atoms with Crippen LogP contribution in [-0.2, 0) is 28.6 Å². The van der Waals surface area contributed by atoms with Gasteiger partial charge in [0.15, 0.2) is 5.78 Å². The van der Waals surface area contributed by atoms with Crippen molar-refractivity contribution in [2.24, 2.45) is 0 Å². The molecule has 0 amide bonds. The highest BCUT2D eigenvalue weighted by Crippen LogP contribution is 2.19. The number of hydrogen-bond donors (Lipinski definition) is 0. The van der Waals surface area contributed by atoms with Crippen molar-refractivity contribution in [1.29, 1.82) is 0 Å². The summed E-state index contributed by atoms with van der Waals surface area (Å²) in [5.74, 6) is -2.00. The minimum absolute atomic E-state index is 0.116. The molecule has 1 rings (SSSR count). The lowest BCUT2D eigenvalue weighted by molar-refractivity contribution is -0.160. The van der Waals surface area contributed by atoms with Crippen LogP contribution in [0, 0.1) is 0 Å². The number of ether oxygens (including phenoxy) is 3. The Balaban J connectivity index is 2.82. The second kappa shape index (κ2) is 10.1. The molecule has 6 nitrogen and oxygen atoms in total. The smallest absolute Gasteiger partial charge is 0.341 e. The summed E-state index contributed by atoms with van der Waals surface area (Å²) in [5, 5.41) is 0.386. The zero-order valence-electron chi connectivity index (χ0n) is 15.3. The molecule has 1 aromatic rings. The predicted octanol–water partition coefficient (Wildman–Crippen LogP) is 3.21. The van der Waals surface area contributed by atoms with E-state index in [4.69, 9.17) is 25.8 Å². The summed E-state index contributed by atoms with van der Waals surface area (Å²) in [6.07, 6.45) is 1.35. The summed E-state index contributed by atoms with van der Waals surface area (Å²) in [5.41, 5.74) is -0.355. The predicted molar refractivity (Wildman–Crippen MR) is 97.7 cm³/mol. The fraction of sp³-hybridized carbons (Fsp3) is 0.421. The molecule has 0 fully saturated rings. The van der Waals surface area contributed by atoms with Gasteiger partial charge >= 0.3 is 11.9 Å². The van der Waals surface area contributed by atoms with Crippen LogP contribution in [-0.4, -0.2) is 43.1 Å². The number of carbonyl (C=O) groups excluding carboxylic acids is 3. The van der Waals surface area contributed by atoms with E-state index in [1.165, 1.54) is 6.08 Å². The van der Waals surface area contributed by atoms with Crippen LogP contribution in [0.15, 0.2) is 29.8 Å². The molecule has 0 bridgehead atoms. The van der Waals surface area contributed by atoms with Crippen molar-refractivity contribution in [2.45, 2.75) is 33.3 Å². The first-order valence-corrected chi connectivity index (χ1v) is 8.48. The molecule has 0 aliphatic carbocycles. The van der Waals surface area contributed by atoms with E-state index in [-0.39, 0.29) is 12.2 Å². The number of hydrogen-bond acceptors (Lipinski definition) is 6. The van der Waals surface area contributed by atoms with Gasteiger partial charge in [-0.1, -0.05) is 29.8 Å². The molecule has 0 heterocycles. The van der Waals surface area contributed by atoms with E-state index in [9.17, 15) is 14.4 Å². The van der Waals surface area contributed by atoms with Crippen molar-refractivity contribution in [2.75, 3.05) is 19.8 Å². The molecule has 0 spiro atoms. The second-order valence-electron chi connectivity index (χ2n) is 6.30. The third-order valence-electron chi connectivity index (χ3n) is 2.87. The van der Waals surface area contributed by atoms with E-state index >= 15 is 0 Å². The van der Waals surface area contributed by atoms with Crippen LogP contribution in [0.4, 0.5) is 0 Å². The van der Waals surface area contributed by atoms with Gasteiger partial charge in [0.1, 0.15) is 24.4 Å². The van der Waals surface area contributed by atoms with Crippen LogP contribution in [0.2, 0.25) is 5.02 Å². The van der Waals surface area contributed by atoms with Crippen LogP contribution in [0.25, 0.3) is 6.08 Å². The van der Waals surface area contributed by atoms with Crippen molar-refractivity contribution >= 4 is 35.4 Å². The minimum Gasteiger partial charge on any atom is -0.462 e. The molecule has 0 saturated heterocycles. The molecule has 0 aliphatic rings. The first-order chi connectivity index (χ1) is 12.1. The van der Waals surface area contributed by atoms with E-state index in [0.29, 0.717) is 10.6 Å². The maximum Gasteiger partial charge on any atom is 0.341 e. The van der Waals surface area contributed by atoms with Crippen LogP contribution >= 0.6 is 11.6 Å². The number of carbonyl (C=O) groups is 3. The monoisotopic (exact) mass is 382 g/mol. The highest BCUT2D eigenvalue weighted by atomic mass is 35.5. The Hall–Kier alpha value is -2.18. The third kappa shape index (κ3) is 7.80. The number of Topliss-reactive ketones (excluding diaryl/α,β-unsaturated/α-hetero) is 1. The molecule has 142 valence electrons. The molecule has 1 aromatic carbocycles. The molecular weight excluding hydrogens is 360 g/mol. The average Bonchev–Trinajstić information content (AvgIpc) is 2.52. The largest absolute Gasteiger partial charge is 0.462 e. The standard InChI is InChI=1S/C19H23ClO6/c1-5-25-18(23)14(10-13-8-6-7-9-15(13)20)16(21)11-24-12-17(22)26-19(2,3)4/h6-10H,5,11-12H2,1-4H3/b14-10-. The van der Waals surface area contributed by atoms with E-state index < -0.39 is 36.5 Å². The molecule has 7 heteroatoms. The van der Waals surface area contributed by atoms with Crippen molar-refractivity contribution in [3.05, 3.63) is 40.4 Å². The maximum atomic E-state index is 12.4. The van der Waals surface area contributed by atoms with E-state index in [1.807, 2.05) is 0 Å². The summed E-state index contributed by atoms with van der Waals surface area (Å²) < 4.78 is 15.1. The Kier molecular flexibility index (Phi) is 8.48. The number of rotatable bonds is 8. The molecule has 0 atom stereocenters. The van der Waals surface area contributed by atoms with Gasteiger partial charge < -0.3 is 14.2 Å². The number of halogens is 1. The quantitative estimate of drug-likeness (QED) is 0.297. The Bertz CT molecular complexity index is 688. The zero-order valence-corrected chi connectivity index (χ0v) is 16.1. The molecule has 0 aliphatic heterocycles. The number of benzene rings is 1. The zero-order chi connectivity index (χ0) is 19.7. The fourth-order valence-corrected chi connectivity index (χ4v) is 2.08. The van der Waals surface area contributed by atoms with Crippen molar-refractivity contribution < 1.29 is 28.6 Å². The Labute approximate surface area is 158 Å². The second-order valence-corrected chi connectivity index (χ2v) is 6.71. The molecule has 0 saturated carbocycles. The van der Waals surface area contributed by atoms with E-state index in [2.05, 4.69) is 0 Å². The van der Waals surface area contributed by atoms with Gasteiger partial charge in [-0.2, -0.15) is 0 Å². The Morgan fingerprint density at radius 1 is 1.12 bits per heavy atom. The lowest BCUT2D eigenvalue weighted by atomic mass is 10.1. The van der Waals surface area contributed by atoms with Crippen LogP contribution in [0.3, 0.4) is 0 Å². The van der Waals surface area contributed by atoms with Gasteiger partial charge in [0.25, 0.3) is 0 Å². The van der Waals surface area contributed by atoms with Crippen molar-refractivity contribution in [3.63, 3.8) is 0 Å². The molecule has 26 heavy (non-hydrogen) atoms. The minimum atomic E-state index is -0.779. The van der Waals surface area contributed by atoms with Gasteiger partial charge in [-0.15, -0.1) is 0 Å². The van der Waals surface area contributed by atoms with Gasteiger partial charge in [-0.05, 0) is 45.4 Å². The first kappa shape index (κ1) is 21.9. The molecular formula is C19H23ClO6. The molecule has 0 N–H and O–H groups in total. The first-order valence-electron chi connectivity index (χ1n) is 8.10. The topological polar surface area (TPSA) is 78.9 Å². The van der Waals surface area contributed by atoms with Gasteiger partial charge in [0.2, 0.25) is 0 Å². The summed E-state index contributed by atoms with van der Waals surface area (Å²) in [6.45, 7) is 6.06. The summed E-state index contributed by atoms with van der Waals surface area (Å²) in [4.78, 5) is 36.0. The molecule has 0 aromatic heterocycles. The lowest BCUT2D eigenvalue weighted by Crippen LogP contribution is -2.28. The van der Waals surface area contributed by atoms with E-state index in [0.717, 1.165) is 0 Å². The summed E-state index contributed by atoms with van der Waals surface area (Å²) in [6, 6.07) is 6.76. The van der Waals surface area contributed by atoms with Crippen LogP contribution in [0.1, 0.15) is 33.3 Å². The average molecular weight is 383 g/mol. The lowest BCUT2D eigenvalue weighted by Gasteiger charge is -2.19. The highest BCUT2D eigenvalue weighted by Gasteiger charge is 2.21. The number of esters is 2. The van der Waals surface area contributed by atoms with Crippen molar-refractivity contribution in [3.8, 4) is 0 Å². The maximum absolute atomic E-state index is 12.4. The molecule has 0 radical (unpaired) electrons. The third-order valence-corrected chi connectivity index (χ3v) is 3.22. The van der Waals surface area contributed by atoms with Crippen LogP contribution < -0.4 is 0 Å². The van der Waals surface area contributed by atoms with Gasteiger partial charge in [-0.3, -0.25) is 4.79 Å². The SMILES string of the molecule is CCOC(=O)/C(=C\c1ccccc1Cl)C(=O)COCC(=O)OC(C)(C)C. The Morgan fingerprint density at radius 3 is 2.35 bits per heavy atom. The van der Waals surface area contributed by atoms with Gasteiger partial charge in [0.05, 0.1) is 6.61 Å². The normalized spacial score (nSPS) is 11.8. The summed E-state index contributed by atoms with van der Waals surface area (Å²) in [7, 11) is 0. The Morgan fingerprint density at radius 2 is 1.77 bits per heavy atom. The molecule has 0 unspecified atom stereocenters. The van der Waals surface area contributed by atoms with Gasteiger partial charge in [-0.25, -0.2) is 9.59 Å². The van der Waals surface area contributed by atoms with E-state index in [1.54, 1.807) is 52.0 Å². The number of ketones is 1. The van der Waals surface area contributed by atoms with Crippen LogP contribution in [0.5, 0.6) is 0 Å². The highest BCUT2D eigenvalue weighted by molar-refractivity contribution is 6.32. The summed E-state index contributed by atoms with van der Waals surface area (Å²) >= 11 is 6.06.